The summed E-state index contributed by atoms with van der Waals surface area (Å²) in [4.78, 5) is 12.6. The summed E-state index contributed by atoms with van der Waals surface area (Å²) in [6, 6.07) is 7.85. The molecular weight excluding hydrogens is 272 g/mol. The molecule has 1 aromatic carbocycles. The maximum atomic E-state index is 10.5. The summed E-state index contributed by atoms with van der Waals surface area (Å²) in [6.45, 7) is 0. The molecule has 0 aliphatic heterocycles. The Kier molecular flexibility index (Phi) is 7.47. The molecule has 20 heavy (non-hydrogen) atoms. The summed E-state index contributed by atoms with van der Waals surface area (Å²) in [5, 5.41) is 8.66. The van der Waals surface area contributed by atoms with Gasteiger partial charge in [-0.05, 0) is 36.3 Å². The summed E-state index contributed by atoms with van der Waals surface area (Å²) < 4.78 is 0. The topological polar surface area (TPSA) is 66.6 Å². The number of unbranched alkanes of at least 4 members (excludes halogenated alkanes) is 1. The fourth-order valence-electron chi connectivity index (χ4n) is 1.77. The van der Waals surface area contributed by atoms with Crippen molar-refractivity contribution < 1.29 is 9.90 Å². The van der Waals surface area contributed by atoms with Crippen molar-refractivity contribution in [3.8, 4) is 0 Å². The lowest BCUT2D eigenvalue weighted by Crippen LogP contribution is -2.29. The highest BCUT2D eigenvalue weighted by Gasteiger charge is 2.09. The predicted molar refractivity (Wildman–Crippen MR) is 86.4 cm³/mol. The van der Waals surface area contributed by atoms with Crippen LogP contribution in [-0.2, 0) is 10.5 Å². The van der Waals surface area contributed by atoms with Gasteiger partial charge in [-0.1, -0.05) is 18.6 Å². The molecule has 3 N–H and O–H groups in total. The Morgan fingerprint density at radius 1 is 1.30 bits per heavy atom. The molecule has 0 radical (unpaired) electrons. The van der Waals surface area contributed by atoms with E-state index in [1.807, 2.05) is 25.9 Å². The van der Waals surface area contributed by atoms with Gasteiger partial charge in [0.05, 0.1) is 0 Å². The smallest absolute Gasteiger partial charge is 0.320 e. The van der Waals surface area contributed by atoms with Crippen LogP contribution in [0.3, 0.4) is 0 Å². The Morgan fingerprint density at radius 3 is 2.50 bits per heavy atom. The molecule has 1 atom stereocenters. The number of nitrogens with zero attached hydrogens (tertiary/aromatic N) is 1. The Balaban J connectivity index is 2.13. The van der Waals surface area contributed by atoms with Crippen LogP contribution >= 0.6 is 11.8 Å². The number of nitrogens with two attached hydrogens (primary N) is 1. The van der Waals surface area contributed by atoms with Crippen molar-refractivity contribution in [1.29, 1.82) is 0 Å². The first-order valence-electron chi connectivity index (χ1n) is 6.83. The van der Waals surface area contributed by atoms with Crippen LogP contribution in [0.1, 0.15) is 24.8 Å². The second-order valence-electron chi connectivity index (χ2n) is 5.05. The van der Waals surface area contributed by atoms with Crippen LogP contribution in [-0.4, -0.2) is 37.0 Å². The monoisotopic (exact) mass is 296 g/mol. The number of carbonyl (C=O) groups is 1. The maximum absolute atomic E-state index is 10.5. The third kappa shape index (κ3) is 6.30. The van der Waals surface area contributed by atoms with E-state index in [9.17, 15) is 4.79 Å². The first kappa shape index (κ1) is 16.9. The molecule has 0 unspecified atom stereocenters. The molecule has 0 aromatic heterocycles. The third-order valence-corrected chi connectivity index (χ3v) is 4.21. The van der Waals surface area contributed by atoms with Gasteiger partial charge in [-0.25, -0.2) is 0 Å². The van der Waals surface area contributed by atoms with E-state index in [-0.39, 0.29) is 0 Å². The van der Waals surface area contributed by atoms with Gasteiger partial charge in [0.2, 0.25) is 0 Å². The van der Waals surface area contributed by atoms with Crippen molar-refractivity contribution in [2.24, 2.45) is 5.73 Å². The van der Waals surface area contributed by atoms with Gasteiger partial charge in [0, 0.05) is 25.5 Å². The SMILES string of the molecule is CN(C)c1ccc(CSCCCC[C@H](N)C(=O)O)cc1. The van der Waals surface area contributed by atoms with Crippen molar-refractivity contribution in [3.05, 3.63) is 29.8 Å². The Bertz CT molecular complexity index is 407. The van der Waals surface area contributed by atoms with E-state index in [1.54, 1.807) is 0 Å². The molecule has 5 heteroatoms. The summed E-state index contributed by atoms with van der Waals surface area (Å²) >= 11 is 1.88. The van der Waals surface area contributed by atoms with Crippen LogP contribution in [0.15, 0.2) is 24.3 Å². The molecule has 1 aromatic rings. The van der Waals surface area contributed by atoms with Gasteiger partial charge in [-0.3, -0.25) is 4.79 Å². The van der Waals surface area contributed by atoms with E-state index in [0.717, 1.165) is 24.3 Å². The second kappa shape index (κ2) is 8.87. The minimum Gasteiger partial charge on any atom is -0.480 e. The van der Waals surface area contributed by atoms with Crippen LogP contribution in [0, 0.1) is 0 Å². The molecule has 112 valence electrons. The molecule has 0 heterocycles. The lowest BCUT2D eigenvalue weighted by molar-refractivity contribution is -0.138. The first-order valence-corrected chi connectivity index (χ1v) is 7.98. The highest BCUT2D eigenvalue weighted by molar-refractivity contribution is 7.98. The number of hydrogen-bond acceptors (Lipinski definition) is 4. The molecule has 0 fully saturated rings. The molecular formula is C15H24N2O2S. The molecule has 1 rings (SSSR count). The summed E-state index contributed by atoms with van der Waals surface area (Å²) in [5.74, 6) is 1.14. The van der Waals surface area contributed by atoms with Gasteiger partial charge in [-0.2, -0.15) is 11.8 Å². The standard InChI is InChI=1S/C15H24N2O2S/c1-17(2)13-8-6-12(7-9-13)11-20-10-4-3-5-14(16)15(18)19/h6-9,14H,3-5,10-11,16H2,1-2H3,(H,18,19)/t14-/m0/s1. The molecule has 0 aliphatic rings. The van der Waals surface area contributed by atoms with Crippen LogP contribution < -0.4 is 10.6 Å². The van der Waals surface area contributed by atoms with Crippen LogP contribution in [0.5, 0.6) is 0 Å². The van der Waals surface area contributed by atoms with E-state index in [4.69, 9.17) is 10.8 Å². The number of thioether (sulfide) groups is 1. The van der Waals surface area contributed by atoms with Crippen molar-refractivity contribution in [1.82, 2.24) is 0 Å². The van der Waals surface area contributed by atoms with Crippen LogP contribution in [0.2, 0.25) is 0 Å². The summed E-state index contributed by atoms with van der Waals surface area (Å²) in [6.07, 6.45) is 2.45. The lowest BCUT2D eigenvalue weighted by atomic mass is 10.1. The number of anilines is 1. The molecule has 0 spiro atoms. The Hall–Kier alpha value is -1.20. The normalized spacial score (nSPS) is 12.2. The zero-order chi connectivity index (χ0) is 15.0. The van der Waals surface area contributed by atoms with E-state index in [0.29, 0.717) is 6.42 Å². The Labute approximate surface area is 125 Å². The lowest BCUT2D eigenvalue weighted by Gasteiger charge is -2.12. The van der Waals surface area contributed by atoms with Crippen LogP contribution in [0.25, 0.3) is 0 Å². The average molecular weight is 296 g/mol. The number of carboxylic acid groups (broad SMARTS) is 1. The number of benzene rings is 1. The van der Waals surface area contributed by atoms with Crippen LogP contribution in [0.4, 0.5) is 5.69 Å². The average Bonchev–Trinajstić information content (AvgIpc) is 2.42. The quantitative estimate of drug-likeness (QED) is 0.686. The molecule has 4 nitrogen and oxygen atoms in total. The fourth-order valence-corrected chi connectivity index (χ4v) is 2.75. The predicted octanol–water partition coefficient (Wildman–Crippen LogP) is 2.57. The van der Waals surface area contributed by atoms with Gasteiger partial charge in [0.25, 0.3) is 0 Å². The third-order valence-electron chi connectivity index (χ3n) is 3.09. The Morgan fingerprint density at radius 2 is 1.95 bits per heavy atom. The minimum atomic E-state index is -0.904. The van der Waals surface area contributed by atoms with Crippen molar-refractivity contribution >= 4 is 23.4 Å². The number of hydrogen-bond donors (Lipinski definition) is 2. The van der Waals surface area contributed by atoms with Crippen molar-refractivity contribution in [2.75, 3.05) is 24.7 Å². The summed E-state index contributed by atoms with van der Waals surface area (Å²) in [5.41, 5.74) is 7.98. The minimum absolute atomic E-state index is 0.563. The van der Waals surface area contributed by atoms with E-state index in [2.05, 4.69) is 29.2 Å². The molecule has 0 aliphatic carbocycles. The molecule has 0 amide bonds. The van der Waals surface area contributed by atoms with Gasteiger partial charge < -0.3 is 15.7 Å². The maximum Gasteiger partial charge on any atom is 0.320 e. The van der Waals surface area contributed by atoms with Gasteiger partial charge in [0.15, 0.2) is 0 Å². The van der Waals surface area contributed by atoms with Crippen molar-refractivity contribution in [3.63, 3.8) is 0 Å². The van der Waals surface area contributed by atoms with Crippen molar-refractivity contribution in [2.45, 2.75) is 31.1 Å². The van der Waals surface area contributed by atoms with Gasteiger partial charge >= 0.3 is 5.97 Å². The molecule has 0 saturated heterocycles. The van der Waals surface area contributed by atoms with E-state index in [1.165, 1.54) is 11.3 Å². The first-order chi connectivity index (χ1) is 9.50. The highest BCUT2D eigenvalue weighted by atomic mass is 32.2. The van der Waals surface area contributed by atoms with E-state index >= 15 is 0 Å². The highest BCUT2D eigenvalue weighted by Crippen LogP contribution is 2.18. The number of aliphatic carboxylic acids is 1. The number of rotatable bonds is 9. The zero-order valence-corrected chi connectivity index (χ0v) is 13.0. The number of carboxylic acids is 1. The molecule has 0 saturated carbocycles. The van der Waals surface area contributed by atoms with E-state index < -0.39 is 12.0 Å². The molecule has 0 bridgehead atoms. The second-order valence-corrected chi connectivity index (χ2v) is 6.16. The fraction of sp³-hybridized carbons (Fsp3) is 0.533. The zero-order valence-electron chi connectivity index (χ0n) is 12.2. The van der Waals surface area contributed by atoms with Gasteiger partial charge in [-0.15, -0.1) is 0 Å². The largest absolute Gasteiger partial charge is 0.480 e. The summed E-state index contributed by atoms with van der Waals surface area (Å²) in [7, 11) is 4.07. The van der Waals surface area contributed by atoms with Gasteiger partial charge in [0.1, 0.15) is 6.04 Å².